The Morgan fingerprint density at radius 3 is 2.50 bits per heavy atom. The van der Waals surface area contributed by atoms with Gasteiger partial charge in [-0.1, -0.05) is 27.2 Å². The molecule has 5 atom stereocenters. The zero-order valence-electron chi connectivity index (χ0n) is 12.1. The highest BCUT2D eigenvalue weighted by atomic mass is 16.2. The smallest absolute Gasteiger partial charge is 0.226 e. The zero-order chi connectivity index (χ0) is 13.3. The predicted molar refractivity (Wildman–Crippen MR) is 74.0 cm³/mol. The standard InChI is InChI=1S/C15H28N2O/c1-10-7-8-17(9-11(10)2)15(18)13-5-4-6-14(16)12(13)3/h10-14H,4-9,16H2,1-3H3. The monoisotopic (exact) mass is 252 g/mol. The number of hydrogen-bond donors (Lipinski definition) is 1. The van der Waals surface area contributed by atoms with Crippen LogP contribution in [0.15, 0.2) is 0 Å². The van der Waals surface area contributed by atoms with Crippen LogP contribution in [0.25, 0.3) is 0 Å². The number of hydrogen-bond acceptors (Lipinski definition) is 2. The van der Waals surface area contributed by atoms with E-state index in [1.165, 1.54) is 0 Å². The molecule has 0 aromatic rings. The summed E-state index contributed by atoms with van der Waals surface area (Å²) < 4.78 is 0. The van der Waals surface area contributed by atoms with Crippen LogP contribution in [-0.2, 0) is 4.79 Å². The van der Waals surface area contributed by atoms with Gasteiger partial charge in [-0.2, -0.15) is 0 Å². The van der Waals surface area contributed by atoms with E-state index in [0.29, 0.717) is 17.7 Å². The number of piperidine rings is 1. The molecule has 2 rings (SSSR count). The maximum absolute atomic E-state index is 12.6. The molecule has 0 aromatic carbocycles. The summed E-state index contributed by atoms with van der Waals surface area (Å²) in [5.74, 6) is 2.28. The maximum atomic E-state index is 12.6. The molecule has 2 fully saturated rings. The van der Waals surface area contributed by atoms with Crippen molar-refractivity contribution >= 4 is 5.91 Å². The lowest BCUT2D eigenvalue weighted by Crippen LogP contribution is -2.49. The Balaban J connectivity index is 1.98. The SMILES string of the molecule is CC1CCN(C(=O)C2CCCC(N)C2C)CC1C. The van der Waals surface area contributed by atoms with Gasteiger partial charge in [0.25, 0.3) is 0 Å². The Morgan fingerprint density at radius 2 is 1.83 bits per heavy atom. The molecule has 18 heavy (non-hydrogen) atoms. The van der Waals surface area contributed by atoms with Gasteiger partial charge < -0.3 is 10.6 Å². The van der Waals surface area contributed by atoms with E-state index in [1.54, 1.807) is 0 Å². The van der Waals surface area contributed by atoms with E-state index in [-0.39, 0.29) is 12.0 Å². The van der Waals surface area contributed by atoms with Crippen molar-refractivity contribution in [1.82, 2.24) is 4.90 Å². The summed E-state index contributed by atoms with van der Waals surface area (Å²) in [5.41, 5.74) is 6.11. The first kappa shape index (κ1) is 13.9. The Bertz CT molecular complexity index is 305. The molecule has 104 valence electrons. The lowest BCUT2D eigenvalue weighted by atomic mass is 9.76. The molecule has 1 saturated heterocycles. The van der Waals surface area contributed by atoms with Crippen molar-refractivity contribution < 1.29 is 4.79 Å². The highest BCUT2D eigenvalue weighted by Gasteiger charge is 2.36. The molecule has 0 aromatic heterocycles. The number of amides is 1. The molecule has 1 saturated carbocycles. The fourth-order valence-electron chi connectivity index (χ4n) is 3.44. The van der Waals surface area contributed by atoms with E-state index in [2.05, 4.69) is 25.7 Å². The Kier molecular flexibility index (Phi) is 4.31. The van der Waals surface area contributed by atoms with Crippen LogP contribution < -0.4 is 5.73 Å². The van der Waals surface area contributed by atoms with Crippen LogP contribution in [0.1, 0.15) is 46.5 Å². The van der Waals surface area contributed by atoms with E-state index < -0.39 is 0 Å². The molecule has 2 aliphatic rings. The minimum Gasteiger partial charge on any atom is -0.342 e. The van der Waals surface area contributed by atoms with Gasteiger partial charge in [-0.15, -0.1) is 0 Å². The molecule has 3 heteroatoms. The number of carbonyl (C=O) groups is 1. The zero-order valence-corrected chi connectivity index (χ0v) is 12.1. The van der Waals surface area contributed by atoms with Crippen molar-refractivity contribution in [2.24, 2.45) is 29.4 Å². The van der Waals surface area contributed by atoms with E-state index in [0.717, 1.165) is 44.7 Å². The number of rotatable bonds is 1. The molecule has 1 heterocycles. The molecule has 5 unspecified atom stereocenters. The number of nitrogens with zero attached hydrogens (tertiary/aromatic N) is 1. The van der Waals surface area contributed by atoms with Gasteiger partial charge in [0.2, 0.25) is 5.91 Å². The van der Waals surface area contributed by atoms with Crippen molar-refractivity contribution in [3.8, 4) is 0 Å². The number of carbonyl (C=O) groups excluding carboxylic acids is 1. The van der Waals surface area contributed by atoms with Crippen molar-refractivity contribution in [1.29, 1.82) is 0 Å². The van der Waals surface area contributed by atoms with Gasteiger partial charge in [0.15, 0.2) is 0 Å². The summed E-state index contributed by atoms with van der Waals surface area (Å²) in [5, 5.41) is 0. The molecule has 0 bridgehead atoms. The Morgan fingerprint density at radius 1 is 1.11 bits per heavy atom. The molecule has 0 radical (unpaired) electrons. The minimum atomic E-state index is 0.175. The molecule has 0 spiro atoms. The first-order chi connectivity index (χ1) is 8.50. The minimum absolute atomic E-state index is 0.175. The molecule has 3 nitrogen and oxygen atoms in total. The highest BCUT2D eigenvalue weighted by Crippen LogP contribution is 2.32. The summed E-state index contributed by atoms with van der Waals surface area (Å²) in [6, 6.07) is 0.217. The second-order valence-electron chi connectivity index (χ2n) is 6.59. The van der Waals surface area contributed by atoms with E-state index in [1.807, 2.05) is 0 Å². The quantitative estimate of drug-likeness (QED) is 0.778. The third kappa shape index (κ3) is 2.71. The van der Waals surface area contributed by atoms with Crippen LogP contribution in [0.2, 0.25) is 0 Å². The van der Waals surface area contributed by atoms with Gasteiger partial charge in [-0.25, -0.2) is 0 Å². The second kappa shape index (κ2) is 5.60. The summed E-state index contributed by atoms with van der Waals surface area (Å²) in [7, 11) is 0. The van der Waals surface area contributed by atoms with Gasteiger partial charge in [0, 0.05) is 25.0 Å². The van der Waals surface area contributed by atoms with Crippen LogP contribution in [0.3, 0.4) is 0 Å². The number of nitrogens with two attached hydrogens (primary N) is 1. The van der Waals surface area contributed by atoms with Gasteiger partial charge in [0.1, 0.15) is 0 Å². The average Bonchev–Trinajstić information content (AvgIpc) is 2.35. The molecular weight excluding hydrogens is 224 g/mol. The highest BCUT2D eigenvalue weighted by molar-refractivity contribution is 5.79. The van der Waals surface area contributed by atoms with Gasteiger partial charge in [-0.3, -0.25) is 4.79 Å². The van der Waals surface area contributed by atoms with Gasteiger partial charge >= 0.3 is 0 Å². The first-order valence-corrected chi connectivity index (χ1v) is 7.55. The second-order valence-corrected chi connectivity index (χ2v) is 6.59. The molecule has 1 aliphatic heterocycles. The Labute approximate surface area is 111 Å². The molecule has 1 amide bonds. The van der Waals surface area contributed by atoms with Crippen LogP contribution in [0.5, 0.6) is 0 Å². The average molecular weight is 252 g/mol. The fourth-order valence-corrected chi connectivity index (χ4v) is 3.44. The van der Waals surface area contributed by atoms with Crippen LogP contribution in [0, 0.1) is 23.7 Å². The number of likely N-dealkylation sites (tertiary alicyclic amines) is 1. The lowest BCUT2D eigenvalue weighted by Gasteiger charge is -2.40. The Hall–Kier alpha value is -0.570. The topological polar surface area (TPSA) is 46.3 Å². The van der Waals surface area contributed by atoms with Gasteiger partial charge in [0.05, 0.1) is 0 Å². The van der Waals surface area contributed by atoms with E-state index in [9.17, 15) is 4.79 Å². The van der Waals surface area contributed by atoms with Crippen LogP contribution >= 0.6 is 0 Å². The predicted octanol–water partition coefficient (Wildman–Crippen LogP) is 2.25. The van der Waals surface area contributed by atoms with E-state index >= 15 is 0 Å². The van der Waals surface area contributed by atoms with E-state index in [4.69, 9.17) is 5.73 Å². The first-order valence-electron chi connectivity index (χ1n) is 7.55. The molecule has 2 N–H and O–H groups in total. The van der Waals surface area contributed by atoms with Crippen LogP contribution in [0.4, 0.5) is 0 Å². The fraction of sp³-hybridized carbons (Fsp3) is 0.933. The van der Waals surface area contributed by atoms with Crippen molar-refractivity contribution in [3.63, 3.8) is 0 Å². The van der Waals surface area contributed by atoms with Crippen molar-refractivity contribution in [3.05, 3.63) is 0 Å². The summed E-state index contributed by atoms with van der Waals surface area (Å²) in [6.07, 6.45) is 4.38. The third-order valence-corrected chi connectivity index (χ3v) is 5.33. The molecule has 1 aliphatic carbocycles. The molecular formula is C15H28N2O. The van der Waals surface area contributed by atoms with Crippen molar-refractivity contribution in [2.75, 3.05) is 13.1 Å². The summed E-state index contributed by atoms with van der Waals surface area (Å²) in [6.45, 7) is 8.61. The van der Waals surface area contributed by atoms with Crippen molar-refractivity contribution in [2.45, 2.75) is 52.5 Å². The van der Waals surface area contributed by atoms with Crippen LogP contribution in [-0.4, -0.2) is 29.9 Å². The summed E-state index contributed by atoms with van der Waals surface area (Å²) in [4.78, 5) is 14.7. The van der Waals surface area contributed by atoms with Gasteiger partial charge in [-0.05, 0) is 37.0 Å². The normalized spacial score (nSPS) is 41.8. The maximum Gasteiger partial charge on any atom is 0.226 e. The summed E-state index contributed by atoms with van der Waals surface area (Å²) >= 11 is 0. The third-order valence-electron chi connectivity index (χ3n) is 5.33. The largest absolute Gasteiger partial charge is 0.342 e. The lowest BCUT2D eigenvalue weighted by molar-refractivity contribution is -0.141.